The molecule has 0 aliphatic heterocycles. The largest absolute Gasteiger partial charge is 0.444 e. The SMILES string of the molecule is CC(C)(CCc1cc[nH]c(=O)c1)OC(N)=O. The van der Waals surface area contributed by atoms with Crippen LogP contribution in [0.25, 0.3) is 0 Å². The number of amides is 1. The Kier molecular flexibility index (Phi) is 3.71. The van der Waals surface area contributed by atoms with Crippen molar-refractivity contribution in [3.63, 3.8) is 0 Å². The number of ether oxygens (including phenoxy) is 1. The Morgan fingerprint density at radius 1 is 1.56 bits per heavy atom. The molecule has 0 bridgehead atoms. The van der Waals surface area contributed by atoms with E-state index in [-0.39, 0.29) is 5.56 Å². The molecule has 0 spiro atoms. The number of carbonyl (C=O) groups excluding carboxylic acids is 1. The Labute approximate surface area is 93.6 Å². The number of hydrogen-bond donors (Lipinski definition) is 2. The first-order valence-electron chi connectivity index (χ1n) is 5.05. The molecule has 0 aliphatic carbocycles. The molecule has 88 valence electrons. The van der Waals surface area contributed by atoms with E-state index in [1.165, 1.54) is 6.07 Å². The van der Waals surface area contributed by atoms with Gasteiger partial charge in [0, 0.05) is 12.3 Å². The van der Waals surface area contributed by atoms with Crippen molar-refractivity contribution in [1.82, 2.24) is 4.98 Å². The van der Waals surface area contributed by atoms with Crippen LogP contribution in [0, 0.1) is 0 Å². The van der Waals surface area contributed by atoms with Gasteiger partial charge in [0.2, 0.25) is 5.56 Å². The maximum absolute atomic E-state index is 11.0. The molecule has 0 aliphatic rings. The standard InChI is InChI=1S/C11H16N2O3/c1-11(2,16-10(12)15)5-3-8-4-6-13-9(14)7-8/h4,6-7H,3,5H2,1-2H3,(H2,12,15)(H,13,14). The second-order valence-corrected chi connectivity index (χ2v) is 4.24. The van der Waals surface area contributed by atoms with Crippen molar-refractivity contribution in [2.75, 3.05) is 0 Å². The minimum Gasteiger partial charge on any atom is -0.444 e. The number of carbonyl (C=O) groups is 1. The van der Waals surface area contributed by atoms with Crippen LogP contribution in [0.4, 0.5) is 4.79 Å². The summed E-state index contributed by atoms with van der Waals surface area (Å²) in [6.45, 7) is 3.57. The highest BCUT2D eigenvalue weighted by Crippen LogP contribution is 2.17. The van der Waals surface area contributed by atoms with E-state index in [2.05, 4.69) is 4.98 Å². The summed E-state index contributed by atoms with van der Waals surface area (Å²) in [5.74, 6) is 0. The first kappa shape index (κ1) is 12.3. The molecule has 1 aromatic heterocycles. The molecule has 3 N–H and O–H groups in total. The lowest BCUT2D eigenvalue weighted by Gasteiger charge is -2.23. The molecule has 0 atom stereocenters. The number of rotatable bonds is 4. The minimum absolute atomic E-state index is 0.133. The van der Waals surface area contributed by atoms with E-state index in [9.17, 15) is 9.59 Å². The quantitative estimate of drug-likeness (QED) is 0.805. The van der Waals surface area contributed by atoms with E-state index in [0.29, 0.717) is 12.8 Å². The molecule has 0 saturated carbocycles. The zero-order valence-electron chi connectivity index (χ0n) is 9.45. The van der Waals surface area contributed by atoms with Crippen molar-refractivity contribution in [3.05, 3.63) is 34.2 Å². The lowest BCUT2D eigenvalue weighted by molar-refractivity contribution is 0.0394. The van der Waals surface area contributed by atoms with E-state index < -0.39 is 11.7 Å². The molecule has 0 unspecified atom stereocenters. The van der Waals surface area contributed by atoms with Crippen LogP contribution in [-0.4, -0.2) is 16.7 Å². The zero-order valence-corrected chi connectivity index (χ0v) is 9.45. The lowest BCUT2D eigenvalue weighted by Crippen LogP contribution is -2.31. The van der Waals surface area contributed by atoms with Crippen molar-refractivity contribution >= 4 is 6.09 Å². The minimum atomic E-state index is -0.782. The van der Waals surface area contributed by atoms with Crippen LogP contribution in [0.15, 0.2) is 23.1 Å². The van der Waals surface area contributed by atoms with Gasteiger partial charge in [0.25, 0.3) is 0 Å². The maximum Gasteiger partial charge on any atom is 0.405 e. The Bertz CT molecular complexity index is 423. The molecule has 1 aromatic rings. The van der Waals surface area contributed by atoms with Crippen molar-refractivity contribution in [1.29, 1.82) is 0 Å². The van der Waals surface area contributed by atoms with E-state index in [1.54, 1.807) is 20.0 Å². The highest BCUT2D eigenvalue weighted by Gasteiger charge is 2.21. The molecule has 0 saturated heterocycles. The molecule has 0 radical (unpaired) electrons. The van der Waals surface area contributed by atoms with Gasteiger partial charge in [-0.25, -0.2) is 4.79 Å². The Balaban J connectivity index is 2.57. The average molecular weight is 224 g/mol. The lowest BCUT2D eigenvalue weighted by atomic mass is 9.99. The molecule has 5 nitrogen and oxygen atoms in total. The third kappa shape index (κ3) is 4.16. The molecule has 0 fully saturated rings. The number of primary amides is 1. The molecule has 5 heteroatoms. The zero-order chi connectivity index (χ0) is 12.2. The smallest absolute Gasteiger partial charge is 0.405 e. The average Bonchev–Trinajstić information content (AvgIpc) is 2.13. The summed E-state index contributed by atoms with van der Waals surface area (Å²) in [4.78, 5) is 24.2. The van der Waals surface area contributed by atoms with Crippen molar-refractivity contribution in [2.24, 2.45) is 5.73 Å². The number of aromatic nitrogens is 1. The number of nitrogens with two attached hydrogens (primary N) is 1. The van der Waals surface area contributed by atoms with Gasteiger partial charge >= 0.3 is 6.09 Å². The fourth-order valence-electron chi connectivity index (χ4n) is 1.41. The number of pyridine rings is 1. The predicted molar refractivity (Wildman–Crippen MR) is 60.1 cm³/mol. The fourth-order valence-corrected chi connectivity index (χ4v) is 1.41. The Morgan fingerprint density at radius 2 is 2.25 bits per heavy atom. The number of hydrogen-bond acceptors (Lipinski definition) is 3. The first-order chi connectivity index (χ1) is 7.39. The van der Waals surface area contributed by atoms with Gasteiger partial charge in [0.1, 0.15) is 5.60 Å². The predicted octanol–water partition coefficient (Wildman–Crippen LogP) is 1.18. The topological polar surface area (TPSA) is 85.2 Å². The van der Waals surface area contributed by atoms with Crippen LogP contribution in [0.2, 0.25) is 0 Å². The molecule has 1 heterocycles. The summed E-state index contributed by atoms with van der Waals surface area (Å²) in [5.41, 5.74) is 5.11. The van der Waals surface area contributed by atoms with Crippen LogP contribution in [0.1, 0.15) is 25.8 Å². The molecular formula is C11H16N2O3. The summed E-state index contributed by atoms with van der Waals surface area (Å²) >= 11 is 0. The molecule has 1 amide bonds. The van der Waals surface area contributed by atoms with Gasteiger partial charge in [-0.05, 0) is 38.3 Å². The molecule has 1 rings (SSSR count). The van der Waals surface area contributed by atoms with Gasteiger partial charge < -0.3 is 15.5 Å². The number of H-pyrrole nitrogens is 1. The Morgan fingerprint density at radius 3 is 2.81 bits per heavy atom. The summed E-state index contributed by atoms with van der Waals surface area (Å²) in [6, 6.07) is 3.35. The van der Waals surface area contributed by atoms with Gasteiger partial charge in [0.15, 0.2) is 0 Å². The second-order valence-electron chi connectivity index (χ2n) is 4.24. The van der Waals surface area contributed by atoms with Gasteiger partial charge in [-0.15, -0.1) is 0 Å². The van der Waals surface area contributed by atoms with Crippen molar-refractivity contribution in [2.45, 2.75) is 32.3 Å². The Hall–Kier alpha value is -1.78. The molecule has 0 aromatic carbocycles. The second kappa shape index (κ2) is 4.83. The van der Waals surface area contributed by atoms with E-state index >= 15 is 0 Å². The highest BCUT2D eigenvalue weighted by atomic mass is 16.6. The van der Waals surface area contributed by atoms with Gasteiger partial charge in [-0.2, -0.15) is 0 Å². The highest BCUT2D eigenvalue weighted by molar-refractivity contribution is 5.65. The molecule has 16 heavy (non-hydrogen) atoms. The van der Waals surface area contributed by atoms with Crippen molar-refractivity contribution < 1.29 is 9.53 Å². The van der Waals surface area contributed by atoms with E-state index in [0.717, 1.165) is 5.56 Å². The summed E-state index contributed by atoms with van der Waals surface area (Å²) in [5, 5.41) is 0. The van der Waals surface area contributed by atoms with Crippen molar-refractivity contribution in [3.8, 4) is 0 Å². The molecular weight excluding hydrogens is 208 g/mol. The van der Waals surface area contributed by atoms with Gasteiger partial charge in [0.05, 0.1) is 0 Å². The number of aryl methyl sites for hydroxylation is 1. The van der Waals surface area contributed by atoms with E-state index in [4.69, 9.17) is 10.5 Å². The van der Waals surface area contributed by atoms with Crippen LogP contribution in [0.3, 0.4) is 0 Å². The van der Waals surface area contributed by atoms with E-state index in [1.807, 2.05) is 6.07 Å². The van der Waals surface area contributed by atoms with Crippen LogP contribution >= 0.6 is 0 Å². The maximum atomic E-state index is 11.0. The summed E-state index contributed by atoms with van der Waals surface area (Å²) in [7, 11) is 0. The van der Waals surface area contributed by atoms with Gasteiger partial charge in [-0.1, -0.05) is 0 Å². The van der Waals surface area contributed by atoms with Gasteiger partial charge in [-0.3, -0.25) is 4.79 Å². The normalized spacial score (nSPS) is 11.1. The van der Waals surface area contributed by atoms with Crippen LogP contribution in [0.5, 0.6) is 0 Å². The van der Waals surface area contributed by atoms with Crippen LogP contribution in [-0.2, 0) is 11.2 Å². The van der Waals surface area contributed by atoms with Crippen LogP contribution < -0.4 is 11.3 Å². The monoisotopic (exact) mass is 224 g/mol. The third-order valence-corrected chi connectivity index (χ3v) is 2.23. The number of aromatic amines is 1. The summed E-state index contributed by atoms with van der Waals surface area (Å²) in [6.07, 6.45) is 2.08. The number of nitrogens with one attached hydrogen (secondary N) is 1. The summed E-state index contributed by atoms with van der Waals surface area (Å²) < 4.78 is 4.94. The fraction of sp³-hybridized carbons (Fsp3) is 0.455. The first-order valence-corrected chi connectivity index (χ1v) is 5.05. The third-order valence-electron chi connectivity index (χ3n) is 2.23.